The molecule has 2 rings (SSSR count). The molecule has 0 aliphatic heterocycles. The molecule has 3 N–H and O–H groups in total. The Hall–Kier alpha value is -2.57. The number of anilines is 2. The molecule has 104 valence electrons. The van der Waals surface area contributed by atoms with Gasteiger partial charge >= 0.3 is 0 Å². The highest BCUT2D eigenvalue weighted by molar-refractivity contribution is 6.04. The fraction of sp³-hybridized carbons (Fsp3) is 0. The Morgan fingerprint density at radius 1 is 1.00 bits per heavy atom. The minimum Gasteiger partial charge on any atom is -0.396 e. The van der Waals surface area contributed by atoms with Gasteiger partial charge in [-0.05, 0) is 18.2 Å². The molecular formula is C13H8F4N2O. The van der Waals surface area contributed by atoms with Crippen molar-refractivity contribution in [1.29, 1.82) is 0 Å². The summed E-state index contributed by atoms with van der Waals surface area (Å²) < 4.78 is 52.7. The molecular weight excluding hydrogens is 276 g/mol. The van der Waals surface area contributed by atoms with Gasteiger partial charge in [-0.1, -0.05) is 6.07 Å². The van der Waals surface area contributed by atoms with E-state index in [0.29, 0.717) is 6.07 Å². The van der Waals surface area contributed by atoms with Crippen molar-refractivity contribution in [1.82, 2.24) is 0 Å². The number of carbonyl (C=O) groups excluding carboxylic acids is 1. The fourth-order valence-electron chi connectivity index (χ4n) is 1.53. The van der Waals surface area contributed by atoms with Crippen LogP contribution in [-0.4, -0.2) is 5.91 Å². The number of nitrogens with two attached hydrogens (primary N) is 1. The first-order valence-corrected chi connectivity index (χ1v) is 5.40. The second-order valence-corrected chi connectivity index (χ2v) is 3.91. The van der Waals surface area contributed by atoms with E-state index in [1.165, 1.54) is 0 Å². The molecule has 0 fully saturated rings. The number of hydrogen-bond donors (Lipinski definition) is 2. The molecule has 0 aromatic heterocycles. The molecule has 0 bridgehead atoms. The molecule has 20 heavy (non-hydrogen) atoms. The van der Waals surface area contributed by atoms with Crippen LogP contribution in [0.5, 0.6) is 0 Å². The lowest BCUT2D eigenvalue weighted by atomic mass is 10.2. The van der Waals surface area contributed by atoms with E-state index in [2.05, 4.69) is 0 Å². The van der Waals surface area contributed by atoms with Crippen LogP contribution in [0.1, 0.15) is 10.4 Å². The van der Waals surface area contributed by atoms with Crippen LogP contribution in [0.4, 0.5) is 28.9 Å². The van der Waals surface area contributed by atoms with Gasteiger partial charge in [0.05, 0.1) is 16.9 Å². The third-order valence-corrected chi connectivity index (χ3v) is 2.53. The summed E-state index contributed by atoms with van der Waals surface area (Å²) in [5.41, 5.74) is 3.81. The van der Waals surface area contributed by atoms with E-state index >= 15 is 0 Å². The lowest BCUT2D eigenvalue weighted by molar-refractivity contribution is 0.102. The first kappa shape index (κ1) is 13.9. The maximum absolute atomic E-state index is 13.4. The lowest BCUT2D eigenvalue weighted by Crippen LogP contribution is -2.16. The van der Waals surface area contributed by atoms with E-state index in [-0.39, 0.29) is 5.69 Å². The minimum absolute atomic E-state index is 0.388. The number of hydrogen-bond acceptors (Lipinski definition) is 2. The molecule has 0 aliphatic carbocycles. The van der Waals surface area contributed by atoms with Gasteiger partial charge in [0, 0.05) is 6.07 Å². The molecule has 2 aromatic carbocycles. The van der Waals surface area contributed by atoms with E-state index in [1.807, 2.05) is 5.32 Å². The van der Waals surface area contributed by atoms with Gasteiger partial charge < -0.3 is 11.1 Å². The zero-order chi connectivity index (χ0) is 14.9. The van der Waals surface area contributed by atoms with Crippen molar-refractivity contribution >= 4 is 17.3 Å². The first-order chi connectivity index (χ1) is 9.40. The van der Waals surface area contributed by atoms with Crippen molar-refractivity contribution in [3.05, 3.63) is 59.2 Å². The Balaban J connectivity index is 2.33. The monoisotopic (exact) mass is 284 g/mol. The van der Waals surface area contributed by atoms with E-state index in [0.717, 1.165) is 24.3 Å². The number of carbonyl (C=O) groups is 1. The normalized spacial score (nSPS) is 10.4. The van der Waals surface area contributed by atoms with Crippen molar-refractivity contribution in [3.63, 3.8) is 0 Å². The standard InChI is InChI=1S/C13H8F4N2O/c14-7-3-1-2-6(12(7)17)13(20)19-11-5-10(18)8(15)4-9(11)16/h1-5H,18H2,(H,19,20). The van der Waals surface area contributed by atoms with Crippen molar-refractivity contribution in [3.8, 4) is 0 Å². The zero-order valence-corrected chi connectivity index (χ0v) is 9.88. The second kappa shape index (κ2) is 5.20. The van der Waals surface area contributed by atoms with Gasteiger partial charge in [-0.3, -0.25) is 4.79 Å². The van der Waals surface area contributed by atoms with Crippen molar-refractivity contribution < 1.29 is 22.4 Å². The van der Waals surface area contributed by atoms with Crippen LogP contribution in [0.2, 0.25) is 0 Å². The Kier molecular flexibility index (Phi) is 3.60. The first-order valence-electron chi connectivity index (χ1n) is 5.40. The molecule has 0 spiro atoms. The van der Waals surface area contributed by atoms with Crippen LogP contribution in [-0.2, 0) is 0 Å². The summed E-state index contributed by atoms with van der Waals surface area (Å²) in [5, 5.41) is 2.00. The van der Waals surface area contributed by atoms with E-state index in [1.54, 1.807) is 0 Å². The van der Waals surface area contributed by atoms with Gasteiger partial charge in [-0.2, -0.15) is 0 Å². The number of amides is 1. The van der Waals surface area contributed by atoms with Crippen molar-refractivity contribution in [2.24, 2.45) is 0 Å². The number of halogens is 4. The summed E-state index contributed by atoms with van der Waals surface area (Å²) in [5.74, 6) is -5.72. The van der Waals surface area contributed by atoms with Crippen molar-refractivity contribution in [2.75, 3.05) is 11.1 Å². The van der Waals surface area contributed by atoms with Crippen LogP contribution in [0, 0.1) is 23.3 Å². The minimum atomic E-state index is -1.36. The number of rotatable bonds is 2. The summed E-state index contributed by atoms with van der Waals surface area (Å²) in [4.78, 5) is 11.7. The van der Waals surface area contributed by atoms with E-state index < -0.39 is 40.4 Å². The fourth-order valence-corrected chi connectivity index (χ4v) is 1.53. The zero-order valence-electron chi connectivity index (χ0n) is 9.88. The van der Waals surface area contributed by atoms with Gasteiger partial charge in [-0.25, -0.2) is 17.6 Å². The van der Waals surface area contributed by atoms with Gasteiger partial charge in [-0.15, -0.1) is 0 Å². The summed E-state index contributed by atoms with van der Waals surface area (Å²) in [7, 11) is 0. The number of nitrogen functional groups attached to an aromatic ring is 1. The summed E-state index contributed by atoms with van der Waals surface area (Å²) in [6.45, 7) is 0. The van der Waals surface area contributed by atoms with Gasteiger partial charge in [0.25, 0.3) is 5.91 Å². The van der Waals surface area contributed by atoms with Gasteiger partial charge in [0.2, 0.25) is 0 Å². The van der Waals surface area contributed by atoms with Crippen LogP contribution in [0.15, 0.2) is 30.3 Å². The molecule has 1 amide bonds. The van der Waals surface area contributed by atoms with Crippen LogP contribution in [0.3, 0.4) is 0 Å². The Bertz CT molecular complexity index is 688. The van der Waals surface area contributed by atoms with Crippen LogP contribution in [0.25, 0.3) is 0 Å². The Morgan fingerprint density at radius 2 is 1.70 bits per heavy atom. The smallest absolute Gasteiger partial charge is 0.258 e. The number of nitrogens with one attached hydrogen (secondary N) is 1. The molecule has 0 radical (unpaired) electrons. The predicted molar refractivity (Wildman–Crippen MR) is 65.1 cm³/mol. The topological polar surface area (TPSA) is 55.1 Å². The molecule has 0 saturated carbocycles. The largest absolute Gasteiger partial charge is 0.396 e. The molecule has 0 aliphatic rings. The highest BCUT2D eigenvalue weighted by Gasteiger charge is 2.17. The third-order valence-electron chi connectivity index (χ3n) is 2.53. The van der Waals surface area contributed by atoms with Gasteiger partial charge in [0.15, 0.2) is 11.6 Å². The average molecular weight is 284 g/mol. The molecule has 0 saturated heterocycles. The third kappa shape index (κ3) is 2.56. The summed E-state index contributed by atoms with van der Waals surface area (Å²) >= 11 is 0. The highest BCUT2D eigenvalue weighted by atomic mass is 19.2. The summed E-state index contributed by atoms with van der Waals surface area (Å²) in [6, 6.07) is 4.32. The SMILES string of the molecule is Nc1cc(NC(=O)c2cccc(F)c2F)c(F)cc1F. The molecule has 3 nitrogen and oxygen atoms in total. The Labute approximate surface area is 111 Å². The maximum atomic E-state index is 13.4. The molecule has 0 unspecified atom stereocenters. The highest BCUT2D eigenvalue weighted by Crippen LogP contribution is 2.22. The van der Waals surface area contributed by atoms with E-state index in [4.69, 9.17) is 5.73 Å². The predicted octanol–water partition coefficient (Wildman–Crippen LogP) is 3.08. The van der Waals surface area contributed by atoms with E-state index in [9.17, 15) is 22.4 Å². The molecule has 2 aromatic rings. The second-order valence-electron chi connectivity index (χ2n) is 3.91. The van der Waals surface area contributed by atoms with Crippen LogP contribution >= 0.6 is 0 Å². The maximum Gasteiger partial charge on any atom is 0.258 e. The summed E-state index contributed by atoms with van der Waals surface area (Å²) in [6.07, 6.45) is 0. The number of benzene rings is 2. The van der Waals surface area contributed by atoms with Gasteiger partial charge in [0.1, 0.15) is 11.6 Å². The molecule has 0 heterocycles. The quantitative estimate of drug-likeness (QED) is 0.657. The molecule has 7 heteroatoms. The van der Waals surface area contributed by atoms with Crippen molar-refractivity contribution in [2.45, 2.75) is 0 Å². The average Bonchev–Trinajstić information content (AvgIpc) is 2.39. The lowest BCUT2D eigenvalue weighted by Gasteiger charge is -2.08. The van der Waals surface area contributed by atoms with Crippen LogP contribution < -0.4 is 11.1 Å². The Morgan fingerprint density at radius 3 is 2.40 bits per heavy atom. The molecule has 0 atom stereocenters.